The quantitative estimate of drug-likeness (QED) is 0.758. The van der Waals surface area contributed by atoms with Gasteiger partial charge in [-0.25, -0.2) is 4.39 Å². The molecule has 1 heterocycles. The van der Waals surface area contributed by atoms with Crippen molar-refractivity contribution in [3.63, 3.8) is 0 Å². The van der Waals surface area contributed by atoms with E-state index in [9.17, 15) is 9.50 Å². The Bertz CT molecular complexity index is 690. The van der Waals surface area contributed by atoms with Gasteiger partial charge in [-0.05, 0) is 23.8 Å². The van der Waals surface area contributed by atoms with Crippen LogP contribution in [0.1, 0.15) is 5.56 Å². The van der Waals surface area contributed by atoms with Crippen LogP contribution in [0, 0.1) is 5.82 Å². The lowest BCUT2D eigenvalue weighted by Crippen LogP contribution is -1.91. The molecule has 19 heavy (non-hydrogen) atoms. The smallest absolute Gasteiger partial charge is 0.137 e. The zero-order valence-electron chi connectivity index (χ0n) is 10.1. The molecule has 0 bridgehead atoms. The zero-order valence-corrected chi connectivity index (χ0v) is 10.9. The Balaban J connectivity index is 2.01. The molecule has 0 amide bonds. The normalized spacial score (nSPS) is 11.1. The van der Waals surface area contributed by atoms with Crippen LogP contribution in [0.3, 0.4) is 0 Å². The molecule has 0 atom stereocenters. The molecule has 0 fully saturated rings. The van der Waals surface area contributed by atoms with Crippen molar-refractivity contribution < 1.29 is 9.50 Å². The van der Waals surface area contributed by atoms with Gasteiger partial charge in [0.15, 0.2) is 0 Å². The number of aromatic nitrogens is 1. The number of rotatable bonds is 3. The second-order valence-electron chi connectivity index (χ2n) is 4.21. The van der Waals surface area contributed by atoms with Gasteiger partial charge in [0.2, 0.25) is 0 Å². The Morgan fingerprint density at radius 2 is 1.95 bits per heavy atom. The summed E-state index contributed by atoms with van der Waals surface area (Å²) in [7, 11) is 0. The summed E-state index contributed by atoms with van der Waals surface area (Å²) in [6, 6.07) is 14.6. The molecule has 1 aromatic heterocycles. The van der Waals surface area contributed by atoms with Crippen molar-refractivity contribution in [1.82, 2.24) is 4.98 Å². The van der Waals surface area contributed by atoms with Crippen molar-refractivity contribution >= 4 is 22.7 Å². The lowest BCUT2D eigenvalue weighted by Gasteiger charge is -2.06. The van der Waals surface area contributed by atoms with Gasteiger partial charge in [-0.2, -0.15) is 0 Å². The number of aliphatic hydroxyl groups excluding tert-OH is 1. The van der Waals surface area contributed by atoms with Crippen LogP contribution < -0.4 is 0 Å². The Labute approximate surface area is 114 Å². The van der Waals surface area contributed by atoms with E-state index in [1.165, 1.54) is 17.8 Å². The molecular formula is C15H12FNOS. The highest BCUT2D eigenvalue weighted by atomic mass is 32.2. The molecule has 4 heteroatoms. The second-order valence-corrected chi connectivity index (χ2v) is 5.26. The summed E-state index contributed by atoms with van der Waals surface area (Å²) in [4.78, 5) is 3.71. The number of aromatic amines is 1. The lowest BCUT2D eigenvalue weighted by atomic mass is 10.2. The first-order valence-electron chi connectivity index (χ1n) is 5.92. The lowest BCUT2D eigenvalue weighted by molar-refractivity contribution is 0.277. The summed E-state index contributed by atoms with van der Waals surface area (Å²) in [5.74, 6) is -0.310. The minimum absolute atomic E-state index is 0.166. The maximum atomic E-state index is 13.8. The van der Waals surface area contributed by atoms with Gasteiger partial charge in [-0.15, -0.1) is 0 Å². The van der Waals surface area contributed by atoms with E-state index < -0.39 is 0 Å². The first-order valence-corrected chi connectivity index (χ1v) is 6.73. The van der Waals surface area contributed by atoms with Gasteiger partial charge in [0.25, 0.3) is 0 Å². The molecule has 0 aliphatic carbocycles. The van der Waals surface area contributed by atoms with Crippen molar-refractivity contribution in [1.29, 1.82) is 0 Å². The van der Waals surface area contributed by atoms with Gasteiger partial charge in [-0.3, -0.25) is 0 Å². The minimum atomic E-state index is -0.310. The van der Waals surface area contributed by atoms with Crippen molar-refractivity contribution in [2.75, 3.05) is 0 Å². The van der Waals surface area contributed by atoms with Gasteiger partial charge in [0.1, 0.15) is 5.82 Å². The van der Waals surface area contributed by atoms with E-state index in [2.05, 4.69) is 4.98 Å². The average Bonchev–Trinajstić information content (AvgIpc) is 2.83. The molecule has 0 saturated heterocycles. The van der Waals surface area contributed by atoms with Crippen molar-refractivity contribution in [3.05, 3.63) is 59.9 Å². The first kappa shape index (κ1) is 12.3. The molecule has 0 unspecified atom stereocenters. The number of hydrogen-bond acceptors (Lipinski definition) is 2. The Morgan fingerprint density at radius 1 is 1.11 bits per heavy atom. The fraction of sp³-hybridized carbons (Fsp3) is 0.0667. The SMILES string of the molecule is OCc1cccc(F)c1Sc1cc2ccccc2[nH]1. The predicted molar refractivity (Wildman–Crippen MR) is 74.7 cm³/mol. The highest BCUT2D eigenvalue weighted by molar-refractivity contribution is 7.99. The third-order valence-corrected chi connectivity index (χ3v) is 4.04. The molecule has 0 aliphatic rings. The van der Waals surface area contributed by atoms with Crippen LogP contribution >= 0.6 is 11.8 Å². The first-order chi connectivity index (χ1) is 9.28. The van der Waals surface area contributed by atoms with Crippen LogP contribution in [-0.2, 0) is 6.61 Å². The van der Waals surface area contributed by atoms with Gasteiger partial charge in [-0.1, -0.05) is 42.1 Å². The van der Waals surface area contributed by atoms with Gasteiger partial charge >= 0.3 is 0 Å². The van der Waals surface area contributed by atoms with Crippen LogP contribution in [0.25, 0.3) is 10.9 Å². The Kier molecular flexibility index (Phi) is 3.27. The molecule has 2 aromatic carbocycles. The van der Waals surface area contributed by atoms with Crippen LogP contribution in [0.5, 0.6) is 0 Å². The standard InChI is InChI=1S/C15H12FNOS/c16-12-6-3-5-11(9-18)15(12)19-14-8-10-4-1-2-7-13(10)17-14/h1-8,17-18H,9H2. The topological polar surface area (TPSA) is 36.0 Å². The number of para-hydroxylation sites is 1. The van der Waals surface area contributed by atoms with Crippen molar-refractivity contribution in [3.8, 4) is 0 Å². The molecule has 2 N–H and O–H groups in total. The van der Waals surface area contributed by atoms with Crippen LogP contribution in [0.15, 0.2) is 58.5 Å². The molecule has 3 aromatic rings. The highest BCUT2D eigenvalue weighted by Gasteiger charge is 2.11. The van der Waals surface area contributed by atoms with Crippen molar-refractivity contribution in [2.24, 2.45) is 0 Å². The summed E-state index contributed by atoms with van der Waals surface area (Å²) >= 11 is 1.30. The predicted octanol–water partition coefficient (Wildman–Crippen LogP) is 3.95. The number of nitrogens with one attached hydrogen (secondary N) is 1. The van der Waals surface area contributed by atoms with Crippen LogP contribution in [-0.4, -0.2) is 10.1 Å². The van der Waals surface area contributed by atoms with Crippen molar-refractivity contribution in [2.45, 2.75) is 16.5 Å². The number of fused-ring (bicyclic) bond motifs is 1. The molecule has 0 saturated carbocycles. The van der Waals surface area contributed by atoms with E-state index in [1.807, 2.05) is 30.3 Å². The van der Waals surface area contributed by atoms with E-state index >= 15 is 0 Å². The van der Waals surface area contributed by atoms with E-state index in [0.29, 0.717) is 10.5 Å². The largest absolute Gasteiger partial charge is 0.392 e. The number of hydrogen-bond donors (Lipinski definition) is 2. The zero-order chi connectivity index (χ0) is 13.2. The summed E-state index contributed by atoms with van der Waals surface area (Å²) in [5.41, 5.74) is 1.62. The maximum absolute atomic E-state index is 13.8. The fourth-order valence-electron chi connectivity index (χ4n) is 2.00. The molecule has 0 spiro atoms. The number of H-pyrrole nitrogens is 1. The molecule has 0 aliphatic heterocycles. The molecule has 96 valence electrons. The third-order valence-electron chi connectivity index (χ3n) is 2.94. The average molecular weight is 273 g/mol. The summed E-state index contributed by atoms with van der Waals surface area (Å²) in [6.45, 7) is -0.166. The highest BCUT2D eigenvalue weighted by Crippen LogP contribution is 2.33. The van der Waals surface area contributed by atoms with E-state index in [0.717, 1.165) is 15.9 Å². The van der Waals surface area contributed by atoms with Crippen LogP contribution in [0.4, 0.5) is 4.39 Å². The van der Waals surface area contributed by atoms with E-state index in [-0.39, 0.29) is 12.4 Å². The molecule has 3 rings (SSSR count). The Hall–Kier alpha value is -1.78. The number of aliphatic hydroxyl groups is 1. The van der Waals surface area contributed by atoms with E-state index in [4.69, 9.17) is 0 Å². The maximum Gasteiger partial charge on any atom is 0.137 e. The monoisotopic (exact) mass is 273 g/mol. The fourth-order valence-corrected chi connectivity index (χ4v) is 3.00. The summed E-state index contributed by atoms with van der Waals surface area (Å²) < 4.78 is 13.8. The molecular weight excluding hydrogens is 261 g/mol. The van der Waals surface area contributed by atoms with Crippen LogP contribution in [0.2, 0.25) is 0 Å². The van der Waals surface area contributed by atoms with Gasteiger partial charge in [0, 0.05) is 10.9 Å². The van der Waals surface area contributed by atoms with Gasteiger partial charge in [0.05, 0.1) is 16.5 Å². The molecule has 0 radical (unpaired) electrons. The Morgan fingerprint density at radius 3 is 2.74 bits per heavy atom. The minimum Gasteiger partial charge on any atom is -0.392 e. The number of benzene rings is 2. The molecule has 2 nitrogen and oxygen atoms in total. The summed E-state index contributed by atoms with van der Waals surface area (Å²) in [5, 5.41) is 11.2. The van der Waals surface area contributed by atoms with E-state index in [1.54, 1.807) is 12.1 Å². The number of halogens is 1. The van der Waals surface area contributed by atoms with Gasteiger partial charge < -0.3 is 10.1 Å². The second kappa shape index (κ2) is 5.07. The third kappa shape index (κ3) is 2.37. The summed E-state index contributed by atoms with van der Waals surface area (Å²) in [6.07, 6.45) is 0.